The molecule has 0 radical (unpaired) electrons. The minimum Gasteiger partial charge on any atom is -0.467 e. The van der Waals surface area contributed by atoms with Crippen LogP contribution in [0, 0.1) is 0 Å². The number of aryl methyl sites for hydroxylation is 2. The Labute approximate surface area is 116 Å². The predicted molar refractivity (Wildman–Crippen MR) is 71.6 cm³/mol. The van der Waals surface area contributed by atoms with Gasteiger partial charge in [-0.05, 0) is 12.1 Å². The maximum Gasteiger partial charge on any atom is 0.146 e. The highest BCUT2D eigenvalue weighted by Crippen LogP contribution is 2.21. The number of rotatable bonds is 5. The van der Waals surface area contributed by atoms with E-state index in [4.69, 9.17) is 4.42 Å². The highest BCUT2D eigenvalue weighted by molar-refractivity contribution is 5.15. The van der Waals surface area contributed by atoms with Crippen LogP contribution in [0.25, 0.3) is 0 Å². The Balaban J connectivity index is 1.84. The van der Waals surface area contributed by atoms with Crippen molar-refractivity contribution in [2.75, 3.05) is 0 Å². The second-order valence-corrected chi connectivity index (χ2v) is 4.58. The molecule has 3 rings (SSSR count). The summed E-state index contributed by atoms with van der Waals surface area (Å²) in [5.41, 5.74) is 0. The number of hydrogen-bond acceptors (Lipinski definition) is 5. The third kappa shape index (κ3) is 2.35. The van der Waals surface area contributed by atoms with E-state index >= 15 is 0 Å². The van der Waals surface area contributed by atoms with Crippen LogP contribution in [0.15, 0.2) is 41.5 Å². The lowest BCUT2D eigenvalue weighted by molar-refractivity contribution is 0.424. The van der Waals surface area contributed by atoms with Crippen LogP contribution in [0.4, 0.5) is 0 Å². The molecule has 0 bridgehead atoms. The Kier molecular flexibility index (Phi) is 3.34. The molecule has 1 N–H and O–H groups in total. The van der Waals surface area contributed by atoms with Crippen molar-refractivity contribution in [1.29, 1.82) is 0 Å². The van der Waals surface area contributed by atoms with Crippen LogP contribution in [0.5, 0.6) is 0 Å². The van der Waals surface area contributed by atoms with E-state index in [1.807, 2.05) is 41.6 Å². The molecule has 3 aromatic rings. The number of furan rings is 1. The summed E-state index contributed by atoms with van der Waals surface area (Å²) in [5, 5.41) is 11.3. The first-order valence-electron chi connectivity index (χ1n) is 6.32. The van der Waals surface area contributed by atoms with Crippen molar-refractivity contribution in [3.05, 3.63) is 54.5 Å². The maximum absolute atomic E-state index is 5.52. The van der Waals surface area contributed by atoms with Gasteiger partial charge in [0.2, 0.25) is 0 Å². The fourth-order valence-electron chi connectivity index (χ4n) is 2.09. The summed E-state index contributed by atoms with van der Waals surface area (Å²) in [6, 6.07) is 3.68. The molecular formula is C13H16N6O. The second-order valence-electron chi connectivity index (χ2n) is 4.58. The van der Waals surface area contributed by atoms with Crippen molar-refractivity contribution >= 4 is 0 Å². The van der Waals surface area contributed by atoms with Gasteiger partial charge in [-0.1, -0.05) is 0 Å². The van der Waals surface area contributed by atoms with Gasteiger partial charge in [0.25, 0.3) is 0 Å². The van der Waals surface area contributed by atoms with Crippen LogP contribution in [-0.4, -0.2) is 24.3 Å². The first-order valence-corrected chi connectivity index (χ1v) is 6.32. The van der Waals surface area contributed by atoms with Gasteiger partial charge in [-0.25, -0.2) is 4.98 Å². The van der Waals surface area contributed by atoms with Gasteiger partial charge in [-0.2, -0.15) is 0 Å². The molecule has 0 amide bonds. The highest BCUT2D eigenvalue weighted by atomic mass is 16.3. The molecular weight excluding hydrogens is 256 g/mol. The lowest BCUT2D eigenvalue weighted by Crippen LogP contribution is -2.25. The van der Waals surface area contributed by atoms with Crippen molar-refractivity contribution in [2.24, 2.45) is 14.1 Å². The minimum atomic E-state index is -0.123. The van der Waals surface area contributed by atoms with Crippen molar-refractivity contribution in [3.63, 3.8) is 0 Å². The zero-order chi connectivity index (χ0) is 13.9. The Morgan fingerprint density at radius 1 is 1.35 bits per heavy atom. The molecule has 0 aliphatic heterocycles. The zero-order valence-electron chi connectivity index (χ0n) is 11.4. The van der Waals surface area contributed by atoms with E-state index in [1.165, 1.54) is 0 Å². The molecule has 0 saturated heterocycles. The molecule has 0 aromatic carbocycles. The molecule has 0 spiro atoms. The topological polar surface area (TPSA) is 73.7 Å². The third-order valence-electron chi connectivity index (χ3n) is 3.21. The molecule has 3 aromatic heterocycles. The molecule has 7 heteroatoms. The summed E-state index contributed by atoms with van der Waals surface area (Å²) in [4.78, 5) is 4.39. The first kappa shape index (κ1) is 12.6. The summed E-state index contributed by atoms with van der Waals surface area (Å²) in [7, 11) is 3.88. The van der Waals surface area contributed by atoms with Crippen LogP contribution >= 0.6 is 0 Å². The summed E-state index contributed by atoms with van der Waals surface area (Å²) in [5.74, 6) is 2.57. The molecule has 20 heavy (non-hydrogen) atoms. The number of nitrogens with zero attached hydrogens (tertiary/aromatic N) is 5. The van der Waals surface area contributed by atoms with Crippen LogP contribution in [0.1, 0.15) is 23.5 Å². The molecule has 7 nitrogen and oxygen atoms in total. The van der Waals surface area contributed by atoms with Gasteiger partial charge >= 0.3 is 0 Å². The van der Waals surface area contributed by atoms with Crippen LogP contribution < -0.4 is 5.32 Å². The maximum atomic E-state index is 5.52. The van der Waals surface area contributed by atoms with Gasteiger partial charge in [0.15, 0.2) is 0 Å². The molecule has 0 saturated carbocycles. The molecule has 3 heterocycles. The van der Waals surface area contributed by atoms with E-state index in [9.17, 15) is 0 Å². The lowest BCUT2D eigenvalue weighted by Gasteiger charge is -2.16. The van der Waals surface area contributed by atoms with E-state index in [0.717, 1.165) is 17.4 Å². The molecule has 104 valence electrons. The van der Waals surface area contributed by atoms with E-state index < -0.39 is 0 Å². The molecule has 1 atom stereocenters. The fraction of sp³-hybridized carbons (Fsp3) is 0.308. The summed E-state index contributed by atoms with van der Waals surface area (Å²) in [6.07, 6.45) is 7.03. The van der Waals surface area contributed by atoms with Gasteiger partial charge in [0.05, 0.1) is 12.8 Å². The zero-order valence-corrected chi connectivity index (χ0v) is 11.4. The van der Waals surface area contributed by atoms with Crippen LogP contribution in [0.3, 0.4) is 0 Å². The summed E-state index contributed by atoms with van der Waals surface area (Å²) >= 11 is 0. The van der Waals surface area contributed by atoms with Crippen molar-refractivity contribution < 1.29 is 4.42 Å². The quantitative estimate of drug-likeness (QED) is 0.750. The van der Waals surface area contributed by atoms with E-state index in [0.29, 0.717) is 6.54 Å². The van der Waals surface area contributed by atoms with Crippen molar-refractivity contribution in [2.45, 2.75) is 12.6 Å². The smallest absolute Gasteiger partial charge is 0.146 e. The molecule has 0 aliphatic carbocycles. The van der Waals surface area contributed by atoms with Crippen molar-refractivity contribution in [3.8, 4) is 0 Å². The average Bonchev–Trinajstić information content (AvgIpc) is 3.15. The Morgan fingerprint density at radius 3 is 2.85 bits per heavy atom. The van der Waals surface area contributed by atoms with E-state index in [2.05, 4.69) is 20.5 Å². The van der Waals surface area contributed by atoms with Gasteiger partial charge in [-0.3, -0.25) is 5.32 Å². The standard InChI is InChI=1S/C13H16N6O/c1-18-6-5-14-13(18)12(10-4-3-7-20-10)15-8-11-17-16-9-19(11)2/h3-7,9,12,15H,8H2,1-2H3. The summed E-state index contributed by atoms with van der Waals surface area (Å²) in [6.45, 7) is 0.578. The number of aromatic nitrogens is 5. The van der Waals surface area contributed by atoms with Crippen LogP contribution in [-0.2, 0) is 20.6 Å². The highest BCUT2D eigenvalue weighted by Gasteiger charge is 2.21. The van der Waals surface area contributed by atoms with Gasteiger partial charge in [0, 0.05) is 26.5 Å². The molecule has 0 fully saturated rings. The van der Waals surface area contributed by atoms with Crippen molar-refractivity contribution in [1.82, 2.24) is 29.6 Å². The van der Waals surface area contributed by atoms with Gasteiger partial charge < -0.3 is 13.6 Å². The number of hydrogen-bond donors (Lipinski definition) is 1. The fourth-order valence-corrected chi connectivity index (χ4v) is 2.09. The molecule has 1 unspecified atom stereocenters. The predicted octanol–water partition coefficient (Wildman–Crippen LogP) is 1.02. The average molecular weight is 272 g/mol. The Bertz CT molecular complexity index is 669. The normalized spacial score (nSPS) is 12.7. The lowest BCUT2D eigenvalue weighted by atomic mass is 10.2. The Hall–Kier alpha value is -2.41. The van der Waals surface area contributed by atoms with Gasteiger partial charge in [0.1, 0.15) is 29.8 Å². The number of nitrogens with one attached hydrogen (secondary N) is 1. The first-order chi connectivity index (χ1) is 9.75. The Morgan fingerprint density at radius 2 is 2.25 bits per heavy atom. The minimum absolute atomic E-state index is 0.123. The summed E-state index contributed by atoms with van der Waals surface area (Å²) < 4.78 is 9.36. The number of imidazole rings is 1. The van der Waals surface area contributed by atoms with Gasteiger partial charge in [-0.15, -0.1) is 10.2 Å². The monoisotopic (exact) mass is 272 g/mol. The SMILES string of the molecule is Cn1cnnc1CNC(c1ccco1)c1nccn1C. The van der Waals surface area contributed by atoms with Crippen LogP contribution in [0.2, 0.25) is 0 Å². The largest absolute Gasteiger partial charge is 0.467 e. The third-order valence-corrected chi connectivity index (χ3v) is 3.21. The molecule has 0 aliphatic rings. The van der Waals surface area contributed by atoms with E-state index in [-0.39, 0.29) is 6.04 Å². The van der Waals surface area contributed by atoms with E-state index in [1.54, 1.807) is 18.8 Å². The second kappa shape index (κ2) is 5.30.